The normalized spacial score (nSPS) is 17.5. The van der Waals surface area contributed by atoms with Crippen LogP contribution in [0.1, 0.15) is 18.4 Å². The van der Waals surface area contributed by atoms with Crippen LogP contribution >= 0.6 is 0 Å². The fourth-order valence-electron chi connectivity index (χ4n) is 2.87. The summed E-state index contributed by atoms with van der Waals surface area (Å²) in [6.45, 7) is 2.05. The molecule has 1 aliphatic heterocycles. The fourth-order valence-corrected chi connectivity index (χ4v) is 2.87. The van der Waals surface area contributed by atoms with Gasteiger partial charge in [0.05, 0.1) is 17.7 Å². The zero-order chi connectivity index (χ0) is 15.4. The Morgan fingerprint density at radius 1 is 1.32 bits per heavy atom. The third-order valence-electron chi connectivity index (χ3n) is 4.39. The van der Waals surface area contributed by atoms with E-state index in [1.54, 1.807) is 7.11 Å². The quantitative estimate of drug-likeness (QED) is 0.887. The second-order valence-electron chi connectivity index (χ2n) is 5.70. The lowest BCUT2D eigenvalue weighted by Crippen LogP contribution is -2.44. The van der Waals surface area contributed by atoms with Crippen LogP contribution in [0.2, 0.25) is 0 Å². The van der Waals surface area contributed by atoms with Crippen molar-refractivity contribution in [3.8, 4) is 0 Å². The minimum absolute atomic E-state index is 0.0384. The van der Waals surface area contributed by atoms with E-state index in [1.807, 2.05) is 30.3 Å². The second-order valence-corrected chi connectivity index (χ2v) is 5.70. The molecule has 2 aromatic rings. The standard InChI is InChI=1S/C17H22N2O3/c1-21-17(6-8-22-9-7-17)12-18-16-14(11-20)10-13-4-2-3-5-15(13)19-16/h2-5,10,20H,6-9,11-12H2,1H3,(H,18,19). The van der Waals surface area contributed by atoms with Crippen LogP contribution in [0.4, 0.5) is 5.82 Å². The highest BCUT2D eigenvalue weighted by Crippen LogP contribution is 2.26. The van der Waals surface area contributed by atoms with Crippen LogP contribution < -0.4 is 5.32 Å². The molecule has 0 radical (unpaired) electrons. The van der Waals surface area contributed by atoms with E-state index in [1.165, 1.54) is 0 Å². The van der Waals surface area contributed by atoms with Gasteiger partial charge in [0, 0.05) is 50.7 Å². The van der Waals surface area contributed by atoms with Gasteiger partial charge in [-0.25, -0.2) is 4.98 Å². The van der Waals surface area contributed by atoms with Gasteiger partial charge in [-0.05, 0) is 12.1 Å². The molecule has 118 valence electrons. The van der Waals surface area contributed by atoms with Gasteiger partial charge in [-0.1, -0.05) is 18.2 Å². The number of nitrogens with zero attached hydrogens (tertiary/aromatic N) is 1. The van der Waals surface area contributed by atoms with Crippen LogP contribution in [0.25, 0.3) is 10.9 Å². The number of aliphatic hydroxyl groups excluding tert-OH is 1. The Labute approximate surface area is 130 Å². The van der Waals surface area contributed by atoms with Crippen molar-refractivity contribution >= 4 is 16.7 Å². The molecule has 0 saturated carbocycles. The maximum Gasteiger partial charge on any atom is 0.132 e. The van der Waals surface area contributed by atoms with Gasteiger partial charge < -0.3 is 19.9 Å². The van der Waals surface area contributed by atoms with Gasteiger partial charge in [-0.3, -0.25) is 0 Å². The average Bonchev–Trinajstić information content (AvgIpc) is 2.60. The van der Waals surface area contributed by atoms with Gasteiger partial charge in [0.1, 0.15) is 5.82 Å². The zero-order valence-corrected chi connectivity index (χ0v) is 12.8. The summed E-state index contributed by atoms with van der Waals surface area (Å²) in [6.07, 6.45) is 1.72. The lowest BCUT2D eigenvalue weighted by molar-refractivity contribution is -0.0807. The number of pyridine rings is 1. The summed E-state index contributed by atoms with van der Waals surface area (Å²) in [4.78, 5) is 4.64. The highest BCUT2D eigenvalue weighted by Gasteiger charge is 2.32. The molecule has 2 heterocycles. The minimum Gasteiger partial charge on any atom is -0.392 e. The van der Waals surface area contributed by atoms with Crippen molar-refractivity contribution in [3.63, 3.8) is 0 Å². The molecule has 1 aromatic carbocycles. The van der Waals surface area contributed by atoms with E-state index in [2.05, 4.69) is 10.3 Å². The predicted molar refractivity (Wildman–Crippen MR) is 85.9 cm³/mol. The first-order valence-corrected chi connectivity index (χ1v) is 7.63. The zero-order valence-electron chi connectivity index (χ0n) is 12.8. The molecular weight excluding hydrogens is 280 g/mol. The van der Waals surface area contributed by atoms with Gasteiger partial charge >= 0.3 is 0 Å². The fraction of sp³-hybridized carbons (Fsp3) is 0.471. The van der Waals surface area contributed by atoms with Crippen LogP contribution in [-0.2, 0) is 16.1 Å². The van der Waals surface area contributed by atoms with Crippen molar-refractivity contribution in [2.75, 3.05) is 32.2 Å². The number of benzene rings is 1. The molecule has 1 aliphatic rings. The van der Waals surface area contributed by atoms with Crippen LogP contribution in [0.15, 0.2) is 30.3 Å². The van der Waals surface area contributed by atoms with Gasteiger partial charge in [0.2, 0.25) is 0 Å². The monoisotopic (exact) mass is 302 g/mol. The van der Waals surface area contributed by atoms with Crippen molar-refractivity contribution in [1.29, 1.82) is 0 Å². The molecule has 1 aromatic heterocycles. The summed E-state index contributed by atoms with van der Waals surface area (Å²) < 4.78 is 11.1. The van der Waals surface area contributed by atoms with Crippen molar-refractivity contribution in [3.05, 3.63) is 35.9 Å². The summed E-state index contributed by atoms with van der Waals surface area (Å²) in [7, 11) is 1.74. The second kappa shape index (κ2) is 6.60. The number of aromatic nitrogens is 1. The number of methoxy groups -OCH3 is 1. The third-order valence-corrected chi connectivity index (χ3v) is 4.39. The number of fused-ring (bicyclic) bond motifs is 1. The Hall–Kier alpha value is -1.69. The number of hydrogen-bond acceptors (Lipinski definition) is 5. The van der Waals surface area contributed by atoms with Crippen LogP contribution in [0, 0.1) is 0 Å². The Balaban J connectivity index is 1.83. The summed E-state index contributed by atoms with van der Waals surface area (Å²) in [6, 6.07) is 9.89. The molecular formula is C17H22N2O3. The summed E-state index contributed by atoms with van der Waals surface area (Å²) in [5, 5.41) is 14.0. The Kier molecular flexibility index (Phi) is 4.57. The van der Waals surface area contributed by atoms with Crippen LogP contribution in [0.5, 0.6) is 0 Å². The predicted octanol–water partition coefficient (Wildman–Crippen LogP) is 2.33. The molecule has 0 aliphatic carbocycles. The van der Waals surface area contributed by atoms with E-state index >= 15 is 0 Å². The third kappa shape index (κ3) is 3.06. The lowest BCUT2D eigenvalue weighted by atomic mass is 9.94. The number of aliphatic hydroxyl groups is 1. The number of nitrogens with one attached hydrogen (secondary N) is 1. The Morgan fingerprint density at radius 2 is 2.09 bits per heavy atom. The van der Waals surface area contributed by atoms with Crippen molar-refractivity contribution in [2.45, 2.75) is 25.0 Å². The number of anilines is 1. The molecule has 1 fully saturated rings. The molecule has 1 saturated heterocycles. The highest BCUT2D eigenvalue weighted by molar-refractivity contribution is 5.81. The van der Waals surface area contributed by atoms with E-state index in [0.29, 0.717) is 19.8 Å². The van der Waals surface area contributed by atoms with Crippen molar-refractivity contribution < 1.29 is 14.6 Å². The molecule has 5 heteroatoms. The van der Waals surface area contributed by atoms with Gasteiger partial charge in [0.25, 0.3) is 0 Å². The molecule has 22 heavy (non-hydrogen) atoms. The lowest BCUT2D eigenvalue weighted by Gasteiger charge is -2.36. The van der Waals surface area contributed by atoms with E-state index in [4.69, 9.17) is 9.47 Å². The summed E-state index contributed by atoms with van der Waals surface area (Å²) in [5.74, 6) is 0.726. The maximum absolute atomic E-state index is 9.61. The van der Waals surface area contributed by atoms with Crippen LogP contribution in [0.3, 0.4) is 0 Å². The first-order chi connectivity index (χ1) is 10.8. The largest absolute Gasteiger partial charge is 0.392 e. The smallest absolute Gasteiger partial charge is 0.132 e. The van der Waals surface area contributed by atoms with E-state index in [-0.39, 0.29) is 12.2 Å². The SMILES string of the molecule is COC1(CNc2nc3ccccc3cc2CO)CCOCC1. The van der Waals surface area contributed by atoms with Gasteiger partial charge in [0.15, 0.2) is 0 Å². The minimum atomic E-state index is -0.224. The van der Waals surface area contributed by atoms with E-state index < -0.39 is 0 Å². The number of hydrogen-bond donors (Lipinski definition) is 2. The molecule has 5 nitrogen and oxygen atoms in total. The molecule has 0 atom stereocenters. The summed E-state index contributed by atoms with van der Waals surface area (Å²) in [5.41, 5.74) is 1.50. The summed E-state index contributed by atoms with van der Waals surface area (Å²) >= 11 is 0. The highest BCUT2D eigenvalue weighted by atomic mass is 16.5. The van der Waals surface area contributed by atoms with Crippen molar-refractivity contribution in [2.24, 2.45) is 0 Å². The van der Waals surface area contributed by atoms with Crippen LogP contribution in [-0.4, -0.2) is 42.6 Å². The van der Waals surface area contributed by atoms with E-state index in [9.17, 15) is 5.11 Å². The number of rotatable bonds is 5. The molecule has 0 spiro atoms. The Morgan fingerprint density at radius 3 is 2.82 bits per heavy atom. The van der Waals surface area contributed by atoms with E-state index in [0.717, 1.165) is 35.1 Å². The Bertz CT molecular complexity index is 639. The van der Waals surface area contributed by atoms with Gasteiger partial charge in [-0.2, -0.15) is 0 Å². The topological polar surface area (TPSA) is 63.6 Å². The molecule has 0 amide bonds. The number of para-hydroxylation sites is 1. The average molecular weight is 302 g/mol. The molecule has 2 N–H and O–H groups in total. The maximum atomic E-state index is 9.61. The molecule has 0 unspecified atom stereocenters. The first-order valence-electron chi connectivity index (χ1n) is 7.63. The molecule has 0 bridgehead atoms. The number of ether oxygens (including phenoxy) is 2. The molecule has 3 rings (SSSR count). The first kappa shape index (κ1) is 15.2. The van der Waals surface area contributed by atoms with Crippen molar-refractivity contribution in [1.82, 2.24) is 4.98 Å². The van der Waals surface area contributed by atoms with Gasteiger partial charge in [-0.15, -0.1) is 0 Å².